The van der Waals surface area contributed by atoms with Gasteiger partial charge in [-0.05, 0) is 36.5 Å². The predicted octanol–water partition coefficient (Wildman–Crippen LogP) is 4.36. The van der Waals surface area contributed by atoms with Gasteiger partial charge in [-0.1, -0.05) is 36.0 Å². The smallest absolute Gasteiger partial charge is 0.137 e. The maximum absolute atomic E-state index is 9.79. The van der Waals surface area contributed by atoms with Crippen molar-refractivity contribution in [2.24, 2.45) is 0 Å². The molecule has 1 aromatic rings. The van der Waals surface area contributed by atoms with Crippen LogP contribution in [0, 0.1) is 0 Å². The molecule has 0 aromatic heterocycles. The molecule has 1 N–H and O–H groups in total. The van der Waals surface area contributed by atoms with E-state index < -0.39 is 0 Å². The van der Waals surface area contributed by atoms with E-state index in [0.29, 0.717) is 16.0 Å². The molecule has 1 saturated carbocycles. The molecule has 2 rings (SSSR count). The average Bonchev–Trinajstić information content (AvgIpc) is 2.63. The lowest BCUT2D eigenvalue weighted by atomic mass is 9.97. The zero-order valence-corrected chi connectivity index (χ0v) is 9.28. The minimum atomic E-state index is 0.211. The van der Waals surface area contributed by atoms with Crippen LogP contribution >= 0.6 is 23.2 Å². The summed E-state index contributed by atoms with van der Waals surface area (Å²) in [7, 11) is 0. The minimum absolute atomic E-state index is 0.211. The number of hydrogen-bond donors (Lipinski definition) is 1. The van der Waals surface area contributed by atoms with Crippen LogP contribution in [0.25, 0.3) is 0 Å². The molecule has 0 unspecified atom stereocenters. The number of aromatic hydroxyl groups is 1. The molecule has 0 spiro atoms. The van der Waals surface area contributed by atoms with Gasteiger partial charge in [0.1, 0.15) is 5.75 Å². The number of halogens is 2. The van der Waals surface area contributed by atoms with Crippen molar-refractivity contribution in [2.75, 3.05) is 0 Å². The Morgan fingerprint density at radius 1 is 1.14 bits per heavy atom. The Balaban J connectivity index is 2.40. The fourth-order valence-electron chi connectivity index (χ4n) is 2.13. The summed E-state index contributed by atoms with van der Waals surface area (Å²) < 4.78 is 0. The van der Waals surface area contributed by atoms with Gasteiger partial charge in [0, 0.05) is 5.02 Å². The second-order valence-electron chi connectivity index (χ2n) is 3.81. The number of hydrogen-bond acceptors (Lipinski definition) is 1. The molecule has 1 aromatic carbocycles. The minimum Gasteiger partial charge on any atom is -0.506 e. The summed E-state index contributed by atoms with van der Waals surface area (Å²) in [5.74, 6) is 0.647. The average molecular weight is 231 g/mol. The standard InChI is InChI=1S/C11H12Cl2O/c12-8-5-9(7-3-1-2-4-7)11(14)10(13)6-8/h5-7,14H,1-4H2. The summed E-state index contributed by atoms with van der Waals surface area (Å²) >= 11 is 11.8. The highest BCUT2D eigenvalue weighted by atomic mass is 35.5. The normalized spacial score (nSPS) is 17.6. The molecule has 14 heavy (non-hydrogen) atoms. The van der Waals surface area contributed by atoms with Crippen LogP contribution in [0.15, 0.2) is 12.1 Å². The molecule has 0 radical (unpaired) electrons. The highest BCUT2D eigenvalue weighted by Gasteiger charge is 2.21. The van der Waals surface area contributed by atoms with Gasteiger partial charge >= 0.3 is 0 Å². The maximum Gasteiger partial charge on any atom is 0.137 e. The lowest BCUT2D eigenvalue weighted by Crippen LogP contribution is -1.93. The van der Waals surface area contributed by atoms with E-state index >= 15 is 0 Å². The van der Waals surface area contributed by atoms with Crippen molar-refractivity contribution < 1.29 is 5.11 Å². The third kappa shape index (κ3) is 1.84. The molecular formula is C11H12Cl2O. The monoisotopic (exact) mass is 230 g/mol. The van der Waals surface area contributed by atoms with Crippen LogP contribution in [0.4, 0.5) is 0 Å². The fraction of sp³-hybridized carbons (Fsp3) is 0.455. The first-order valence-electron chi connectivity index (χ1n) is 4.86. The van der Waals surface area contributed by atoms with Gasteiger partial charge in [-0.2, -0.15) is 0 Å². The van der Waals surface area contributed by atoms with Crippen LogP contribution < -0.4 is 0 Å². The van der Waals surface area contributed by atoms with E-state index in [1.54, 1.807) is 6.07 Å². The van der Waals surface area contributed by atoms with Crippen molar-refractivity contribution in [1.82, 2.24) is 0 Å². The van der Waals surface area contributed by atoms with Crippen molar-refractivity contribution in [3.63, 3.8) is 0 Å². The Kier molecular flexibility index (Phi) is 2.89. The first-order chi connectivity index (χ1) is 6.68. The second kappa shape index (κ2) is 4.00. The van der Waals surface area contributed by atoms with Crippen molar-refractivity contribution in [1.29, 1.82) is 0 Å². The summed E-state index contributed by atoms with van der Waals surface area (Å²) in [5.41, 5.74) is 0.917. The van der Waals surface area contributed by atoms with Crippen molar-refractivity contribution in [2.45, 2.75) is 31.6 Å². The molecule has 0 heterocycles. The van der Waals surface area contributed by atoms with Crippen LogP contribution in [0.1, 0.15) is 37.2 Å². The van der Waals surface area contributed by atoms with E-state index in [4.69, 9.17) is 23.2 Å². The Morgan fingerprint density at radius 3 is 2.43 bits per heavy atom. The van der Waals surface area contributed by atoms with Crippen LogP contribution in [0.2, 0.25) is 10.0 Å². The summed E-state index contributed by atoms with van der Waals surface area (Å²) in [6.07, 6.45) is 4.72. The quantitative estimate of drug-likeness (QED) is 0.761. The largest absolute Gasteiger partial charge is 0.506 e. The molecule has 0 aliphatic heterocycles. The van der Waals surface area contributed by atoms with Crippen LogP contribution in [0.3, 0.4) is 0 Å². The molecule has 0 amide bonds. The van der Waals surface area contributed by atoms with Gasteiger partial charge in [-0.25, -0.2) is 0 Å². The molecule has 0 atom stereocenters. The van der Waals surface area contributed by atoms with Gasteiger partial charge in [-0.15, -0.1) is 0 Å². The van der Waals surface area contributed by atoms with Gasteiger partial charge in [0.15, 0.2) is 0 Å². The molecule has 3 heteroatoms. The number of benzene rings is 1. The van der Waals surface area contributed by atoms with E-state index in [0.717, 1.165) is 18.4 Å². The number of rotatable bonds is 1. The van der Waals surface area contributed by atoms with Crippen molar-refractivity contribution >= 4 is 23.2 Å². The summed E-state index contributed by atoms with van der Waals surface area (Å²) in [6.45, 7) is 0. The van der Waals surface area contributed by atoms with Crippen LogP contribution in [-0.2, 0) is 0 Å². The lowest BCUT2D eigenvalue weighted by molar-refractivity contribution is 0.461. The summed E-state index contributed by atoms with van der Waals surface area (Å²) in [6, 6.07) is 3.41. The zero-order chi connectivity index (χ0) is 10.1. The summed E-state index contributed by atoms with van der Waals surface area (Å²) in [4.78, 5) is 0. The molecule has 1 aliphatic rings. The van der Waals surface area contributed by atoms with E-state index in [2.05, 4.69) is 0 Å². The zero-order valence-electron chi connectivity index (χ0n) is 7.76. The highest BCUT2D eigenvalue weighted by Crippen LogP contribution is 2.42. The molecule has 0 saturated heterocycles. The van der Waals surface area contributed by atoms with E-state index in [9.17, 15) is 5.11 Å². The molecule has 76 valence electrons. The summed E-state index contributed by atoms with van der Waals surface area (Å²) in [5, 5.41) is 10.8. The number of phenols is 1. The molecule has 1 aliphatic carbocycles. The van der Waals surface area contributed by atoms with Gasteiger partial charge in [0.05, 0.1) is 5.02 Å². The molecule has 1 nitrogen and oxygen atoms in total. The Bertz CT molecular complexity index is 343. The Hall–Kier alpha value is -0.400. The Labute approximate surface area is 93.7 Å². The fourth-order valence-corrected chi connectivity index (χ4v) is 2.64. The van der Waals surface area contributed by atoms with Gasteiger partial charge in [-0.3, -0.25) is 0 Å². The topological polar surface area (TPSA) is 20.2 Å². The number of phenolic OH excluding ortho intramolecular Hbond substituents is 1. The van der Waals surface area contributed by atoms with Crippen molar-refractivity contribution in [3.8, 4) is 5.75 Å². The van der Waals surface area contributed by atoms with E-state index in [1.807, 2.05) is 6.07 Å². The SMILES string of the molecule is Oc1c(Cl)cc(Cl)cc1C1CCCC1. The third-order valence-electron chi connectivity index (χ3n) is 2.85. The van der Waals surface area contributed by atoms with Crippen LogP contribution in [0.5, 0.6) is 5.75 Å². The third-order valence-corrected chi connectivity index (χ3v) is 3.36. The highest BCUT2D eigenvalue weighted by molar-refractivity contribution is 6.35. The van der Waals surface area contributed by atoms with E-state index in [1.165, 1.54) is 12.8 Å². The lowest BCUT2D eigenvalue weighted by Gasteiger charge is -2.13. The predicted molar refractivity (Wildman–Crippen MR) is 59.3 cm³/mol. The molecule has 1 fully saturated rings. The first-order valence-corrected chi connectivity index (χ1v) is 5.62. The molecule has 0 bridgehead atoms. The molecular weight excluding hydrogens is 219 g/mol. The van der Waals surface area contributed by atoms with Gasteiger partial charge in [0.25, 0.3) is 0 Å². The van der Waals surface area contributed by atoms with E-state index in [-0.39, 0.29) is 5.75 Å². The van der Waals surface area contributed by atoms with Gasteiger partial charge < -0.3 is 5.11 Å². The second-order valence-corrected chi connectivity index (χ2v) is 4.65. The van der Waals surface area contributed by atoms with Gasteiger partial charge in [0.2, 0.25) is 0 Å². The van der Waals surface area contributed by atoms with Crippen LogP contribution in [-0.4, -0.2) is 5.11 Å². The maximum atomic E-state index is 9.79. The first kappa shape index (κ1) is 10.1. The van der Waals surface area contributed by atoms with Crippen molar-refractivity contribution in [3.05, 3.63) is 27.7 Å². The Morgan fingerprint density at radius 2 is 1.79 bits per heavy atom.